The second kappa shape index (κ2) is 8.94. The SMILES string of the molecule is C[C@H](Oc1ccc(Br)cc1)C(=O)NCCCc1ccc(Cl)cc1. The Balaban J connectivity index is 1.69. The fourth-order valence-corrected chi connectivity index (χ4v) is 2.46. The van der Waals surface area contributed by atoms with Crippen molar-refractivity contribution < 1.29 is 9.53 Å². The number of nitrogens with one attached hydrogen (secondary N) is 1. The smallest absolute Gasteiger partial charge is 0.260 e. The molecule has 0 aliphatic carbocycles. The van der Waals surface area contributed by atoms with Crippen molar-refractivity contribution in [3.05, 3.63) is 63.6 Å². The number of amides is 1. The maximum Gasteiger partial charge on any atom is 0.260 e. The first kappa shape index (κ1) is 17.8. The lowest BCUT2D eigenvalue weighted by atomic mass is 10.1. The van der Waals surface area contributed by atoms with E-state index in [1.807, 2.05) is 48.5 Å². The summed E-state index contributed by atoms with van der Waals surface area (Å²) in [6.45, 7) is 2.37. The summed E-state index contributed by atoms with van der Waals surface area (Å²) in [6.07, 6.45) is 1.25. The molecule has 0 bridgehead atoms. The monoisotopic (exact) mass is 395 g/mol. The van der Waals surface area contributed by atoms with Crippen LogP contribution in [0.3, 0.4) is 0 Å². The van der Waals surface area contributed by atoms with Crippen LogP contribution in [0.5, 0.6) is 5.75 Å². The van der Waals surface area contributed by atoms with Crippen molar-refractivity contribution in [1.29, 1.82) is 0 Å². The predicted molar refractivity (Wildman–Crippen MR) is 97.0 cm³/mol. The van der Waals surface area contributed by atoms with Gasteiger partial charge in [-0.15, -0.1) is 0 Å². The zero-order valence-corrected chi connectivity index (χ0v) is 15.2. The topological polar surface area (TPSA) is 38.3 Å². The van der Waals surface area contributed by atoms with E-state index in [1.165, 1.54) is 5.56 Å². The van der Waals surface area contributed by atoms with E-state index in [1.54, 1.807) is 6.92 Å². The molecule has 3 nitrogen and oxygen atoms in total. The molecular weight excluding hydrogens is 378 g/mol. The summed E-state index contributed by atoms with van der Waals surface area (Å²) in [5.41, 5.74) is 1.21. The van der Waals surface area contributed by atoms with Crippen LogP contribution in [0.2, 0.25) is 5.02 Å². The van der Waals surface area contributed by atoms with Crippen LogP contribution in [0, 0.1) is 0 Å². The minimum absolute atomic E-state index is 0.107. The van der Waals surface area contributed by atoms with Crippen LogP contribution in [-0.4, -0.2) is 18.6 Å². The minimum atomic E-state index is -0.522. The lowest BCUT2D eigenvalue weighted by Gasteiger charge is -2.14. The van der Waals surface area contributed by atoms with E-state index >= 15 is 0 Å². The highest BCUT2D eigenvalue weighted by Crippen LogP contribution is 2.17. The number of rotatable bonds is 7. The molecule has 0 radical (unpaired) electrons. The van der Waals surface area contributed by atoms with Crippen molar-refractivity contribution in [2.45, 2.75) is 25.9 Å². The van der Waals surface area contributed by atoms with Crippen LogP contribution in [0.4, 0.5) is 0 Å². The van der Waals surface area contributed by atoms with Gasteiger partial charge in [-0.2, -0.15) is 0 Å². The van der Waals surface area contributed by atoms with Gasteiger partial charge in [0.1, 0.15) is 5.75 Å². The molecule has 0 saturated heterocycles. The van der Waals surface area contributed by atoms with Crippen LogP contribution in [-0.2, 0) is 11.2 Å². The molecule has 2 aromatic carbocycles. The molecule has 0 heterocycles. The van der Waals surface area contributed by atoms with Gasteiger partial charge in [-0.05, 0) is 61.7 Å². The summed E-state index contributed by atoms with van der Waals surface area (Å²) < 4.78 is 6.59. The molecule has 1 atom stereocenters. The average molecular weight is 397 g/mol. The molecule has 0 fully saturated rings. The highest BCUT2D eigenvalue weighted by molar-refractivity contribution is 9.10. The second-order valence-corrected chi connectivity index (χ2v) is 6.59. The van der Waals surface area contributed by atoms with Crippen LogP contribution in [0.25, 0.3) is 0 Å². The van der Waals surface area contributed by atoms with Crippen molar-refractivity contribution in [2.75, 3.05) is 6.54 Å². The van der Waals surface area contributed by atoms with Crippen molar-refractivity contribution in [3.8, 4) is 5.75 Å². The molecule has 0 aromatic heterocycles. The molecule has 5 heteroatoms. The standard InChI is InChI=1S/C18H19BrClNO2/c1-13(23-17-10-6-15(19)7-11-17)18(22)21-12-2-3-14-4-8-16(20)9-5-14/h4-11,13H,2-3,12H2,1H3,(H,21,22)/t13-/m0/s1. The number of hydrogen-bond donors (Lipinski definition) is 1. The largest absolute Gasteiger partial charge is 0.481 e. The van der Waals surface area contributed by atoms with Gasteiger partial charge in [0.25, 0.3) is 5.91 Å². The number of carbonyl (C=O) groups excluding carboxylic acids is 1. The molecule has 0 saturated carbocycles. The highest BCUT2D eigenvalue weighted by atomic mass is 79.9. The molecule has 23 heavy (non-hydrogen) atoms. The fourth-order valence-electron chi connectivity index (χ4n) is 2.07. The molecule has 0 spiro atoms. The Bertz CT molecular complexity index is 628. The van der Waals surface area contributed by atoms with Gasteiger partial charge in [-0.3, -0.25) is 4.79 Å². The Morgan fingerprint density at radius 3 is 2.48 bits per heavy atom. The third kappa shape index (κ3) is 6.24. The summed E-state index contributed by atoms with van der Waals surface area (Å²) >= 11 is 9.21. The molecule has 1 amide bonds. The zero-order valence-electron chi connectivity index (χ0n) is 12.9. The second-order valence-electron chi connectivity index (χ2n) is 5.24. The number of halogens is 2. The number of ether oxygens (including phenoxy) is 1. The maximum absolute atomic E-state index is 12.0. The minimum Gasteiger partial charge on any atom is -0.481 e. The summed E-state index contributed by atoms with van der Waals surface area (Å²) in [7, 11) is 0. The summed E-state index contributed by atoms with van der Waals surface area (Å²) in [5.74, 6) is 0.570. The van der Waals surface area contributed by atoms with E-state index in [9.17, 15) is 4.79 Å². The molecular formula is C18H19BrClNO2. The Hall–Kier alpha value is -1.52. The van der Waals surface area contributed by atoms with Gasteiger partial charge in [-0.1, -0.05) is 39.7 Å². The Morgan fingerprint density at radius 2 is 1.83 bits per heavy atom. The van der Waals surface area contributed by atoms with Crippen molar-refractivity contribution in [2.24, 2.45) is 0 Å². The van der Waals surface area contributed by atoms with E-state index in [4.69, 9.17) is 16.3 Å². The van der Waals surface area contributed by atoms with Crippen LogP contribution >= 0.6 is 27.5 Å². The Kier molecular flexibility index (Phi) is 6.93. The number of carbonyl (C=O) groups is 1. The first-order chi connectivity index (χ1) is 11.0. The van der Waals surface area contributed by atoms with Crippen LogP contribution < -0.4 is 10.1 Å². The molecule has 0 aliphatic heterocycles. The van der Waals surface area contributed by atoms with E-state index < -0.39 is 6.10 Å². The first-order valence-corrected chi connectivity index (χ1v) is 8.66. The van der Waals surface area contributed by atoms with E-state index in [0.717, 1.165) is 22.3 Å². The fraction of sp³-hybridized carbons (Fsp3) is 0.278. The zero-order chi connectivity index (χ0) is 16.7. The normalized spacial score (nSPS) is 11.8. The van der Waals surface area contributed by atoms with Crippen LogP contribution in [0.15, 0.2) is 53.0 Å². The van der Waals surface area contributed by atoms with Gasteiger partial charge in [-0.25, -0.2) is 0 Å². The summed E-state index contributed by atoms with van der Waals surface area (Å²) in [5, 5.41) is 3.63. The number of benzene rings is 2. The molecule has 1 N–H and O–H groups in total. The van der Waals surface area contributed by atoms with Gasteiger partial charge in [0, 0.05) is 16.0 Å². The van der Waals surface area contributed by atoms with Gasteiger partial charge in [0.15, 0.2) is 6.10 Å². The van der Waals surface area contributed by atoms with Crippen LogP contribution in [0.1, 0.15) is 18.9 Å². The average Bonchev–Trinajstić information content (AvgIpc) is 2.55. The third-order valence-electron chi connectivity index (χ3n) is 3.35. The van der Waals surface area contributed by atoms with E-state index in [2.05, 4.69) is 21.2 Å². The third-order valence-corrected chi connectivity index (χ3v) is 4.13. The Morgan fingerprint density at radius 1 is 1.17 bits per heavy atom. The van der Waals surface area contributed by atoms with Crippen molar-refractivity contribution in [3.63, 3.8) is 0 Å². The quantitative estimate of drug-likeness (QED) is 0.694. The van der Waals surface area contributed by atoms with E-state index in [0.29, 0.717) is 12.3 Å². The van der Waals surface area contributed by atoms with Gasteiger partial charge >= 0.3 is 0 Å². The van der Waals surface area contributed by atoms with Crippen molar-refractivity contribution in [1.82, 2.24) is 5.32 Å². The summed E-state index contributed by atoms with van der Waals surface area (Å²) in [4.78, 5) is 12.0. The molecule has 0 aliphatic rings. The van der Waals surface area contributed by atoms with Gasteiger partial charge in [0.05, 0.1) is 0 Å². The lowest BCUT2D eigenvalue weighted by Crippen LogP contribution is -2.36. The van der Waals surface area contributed by atoms with Crippen molar-refractivity contribution >= 4 is 33.4 Å². The van der Waals surface area contributed by atoms with E-state index in [-0.39, 0.29) is 5.91 Å². The summed E-state index contributed by atoms with van der Waals surface area (Å²) in [6, 6.07) is 15.2. The number of aryl methyl sites for hydroxylation is 1. The van der Waals surface area contributed by atoms with Gasteiger partial charge < -0.3 is 10.1 Å². The highest BCUT2D eigenvalue weighted by Gasteiger charge is 2.13. The molecule has 2 aromatic rings. The predicted octanol–water partition coefficient (Wildman–Crippen LogP) is 4.62. The molecule has 0 unspecified atom stereocenters. The lowest BCUT2D eigenvalue weighted by molar-refractivity contribution is -0.127. The first-order valence-electron chi connectivity index (χ1n) is 7.49. The maximum atomic E-state index is 12.0. The molecule has 2 rings (SSSR count). The number of hydrogen-bond acceptors (Lipinski definition) is 2. The molecule has 122 valence electrons. The van der Waals surface area contributed by atoms with Gasteiger partial charge in [0.2, 0.25) is 0 Å². The Labute approximate surface area is 150 Å².